The van der Waals surface area contributed by atoms with E-state index in [1.807, 2.05) is 12.1 Å². The zero-order valence-corrected chi connectivity index (χ0v) is 11.6. The summed E-state index contributed by atoms with van der Waals surface area (Å²) >= 11 is 0. The highest BCUT2D eigenvalue weighted by atomic mass is 35.5. The highest BCUT2D eigenvalue weighted by molar-refractivity contribution is 5.95. The Bertz CT molecular complexity index is 477. The van der Waals surface area contributed by atoms with E-state index in [2.05, 4.69) is 16.0 Å². The van der Waals surface area contributed by atoms with E-state index in [9.17, 15) is 9.59 Å². The van der Waals surface area contributed by atoms with Crippen molar-refractivity contribution in [1.29, 1.82) is 0 Å². The molecule has 0 bridgehead atoms. The maximum Gasteiger partial charge on any atom is 0.251 e. The van der Waals surface area contributed by atoms with E-state index in [0.29, 0.717) is 18.5 Å². The number of hydrogen-bond acceptors (Lipinski definition) is 3. The summed E-state index contributed by atoms with van der Waals surface area (Å²) in [6, 6.07) is 5.63. The number of benzene rings is 1. The van der Waals surface area contributed by atoms with Crippen molar-refractivity contribution in [3.8, 4) is 0 Å². The number of amides is 2. The molecule has 0 unspecified atom stereocenters. The minimum absolute atomic E-state index is 0. The number of hydrogen-bond donors (Lipinski definition) is 3. The Morgan fingerprint density at radius 1 is 1.37 bits per heavy atom. The number of halogens is 1. The second-order valence-electron chi connectivity index (χ2n) is 4.23. The van der Waals surface area contributed by atoms with Crippen LogP contribution in [-0.2, 0) is 11.2 Å². The van der Waals surface area contributed by atoms with Crippen molar-refractivity contribution in [1.82, 2.24) is 10.6 Å². The predicted molar refractivity (Wildman–Crippen MR) is 76.9 cm³/mol. The zero-order chi connectivity index (χ0) is 13.0. The van der Waals surface area contributed by atoms with Gasteiger partial charge in [0.25, 0.3) is 5.91 Å². The number of rotatable bonds is 4. The summed E-state index contributed by atoms with van der Waals surface area (Å²) < 4.78 is 0. The molecule has 2 amide bonds. The lowest BCUT2D eigenvalue weighted by atomic mass is 10.1. The van der Waals surface area contributed by atoms with Crippen molar-refractivity contribution < 1.29 is 9.59 Å². The van der Waals surface area contributed by atoms with E-state index >= 15 is 0 Å². The Kier molecular flexibility index (Phi) is 5.63. The molecule has 19 heavy (non-hydrogen) atoms. The van der Waals surface area contributed by atoms with Crippen LogP contribution in [0, 0.1) is 0 Å². The lowest BCUT2D eigenvalue weighted by Gasteiger charge is -2.06. The molecule has 5 nitrogen and oxygen atoms in total. The molecule has 1 heterocycles. The van der Waals surface area contributed by atoms with E-state index in [-0.39, 0.29) is 24.2 Å². The quantitative estimate of drug-likeness (QED) is 0.770. The molecular formula is C13H18ClN3O2. The molecule has 0 aromatic heterocycles. The van der Waals surface area contributed by atoms with Crippen LogP contribution in [-0.4, -0.2) is 32.0 Å². The summed E-state index contributed by atoms with van der Waals surface area (Å²) in [6.45, 7) is 1.28. The number of carbonyl (C=O) groups is 2. The van der Waals surface area contributed by atoms with Gasteiger partial charge in [-0.2, -0.15) is 0 Å². The van der Waals surface area contributed by atoms with Gasteiger partial charge in [-0.1, -0.05) is 0 Å². The molecule has 1 aliphatic rings. The lowest BCUT2D eigenvalue weighted by molar-refractivity contribution is -0.120. The molecule has 1 aromatic carbocycles. The monoisotopic (exact) mass is 283 g/mol. The first-order valence-electron chi connectivity index (χ1n) is 6.06. The Labute approximate surface area is 118 Å². The molecule has 104 valence electrons. The normalized spacial score (nSPS) is 11.8. The molecule has 0 fully saturated rings. The average molecular weight is 284 g/mol. The first-order valence-corrected chi connectivity index (χ1v) is 6.06. The third-order valence-corrected chi connectivity index (χ3v) is 2.99. The van der Waals surface area contributed by atoms with Gasteiger partial charge in [0.1, 0.15) is 0 Å². The predicted octanol–water partition coefficient (Wildman–Crippen LogP) is 0.942. The molecule has 0 spiro atoms. The Morgan fingerprint density at radius 3 is 2.89 bits per heavy atom. The summed E-state index contributed by atoms with van der Waals surface area (Å²) in [7, 11) is 1.58. The van der Waals surface area contributed by atoms with E-state index in [4.69, 9.17) is 0 Å². The molecule has 1 aliphatic heterocycles. The Balaban J connectivity index is 0.00000180. The minimum atomic E-state index is -0.131. The maximum absolute atomic E-state index is 11.9. The molecule has 0 radical (unpaired) electrons. The lowest BCUT2D eigenvalue weighted by Crippen LogP contribution is -2.29. The fraction of sp³-hybridized carbons (Fsp3) is 0.385. The number of nitrogens with one attached hydrogen (secondary N) is 3. The van der Waals surface area contributed by atoms with Crippen molar-refractivity contribution in [3.63, 3.8) is 0 Å². The second kappa shape index (κ2) is 6.99. The van der Waals surface area contributed by atoms with Crippen molar-refractivity contribution in [3.05, 3.63) is 29.3 Å². The van der Waals surface area contributed by atoms with Crippen LogP contribution in [0.4, 0.5) is 5.69 Å². The fourth-order valence-electron chi connectivity index (χ4n) is 1.96. The molecule has 2 rings (SSSR count). The molecule has 0 aliphatic carbocycles. The van der Waals surface area contributed by atoms with Gasteiger partial charge >= 0.3 is 0 Å². The topological polar surface area (TPSA) is 70.2 Å². The van der Waals surface area contributed by atoms with Crippen molar-refractivity contribution in [2.45, 2.75) is 12.8 Å². The molecule has 0 atom stereocenters. The van der Waals surface area contributed by atoms with Gasteiger partial charge in [-0.15, -0.1) is 12.4 Å². The molecule has 0 saturated heterocycles. The van der Waals surface area contributed by atoms with Crippen molar-refractivity contribution in [2.75, 3.05) is 25.5 Å². The van der Waals surface area contributed by atoms with E-state index in [0.717, 1.165) is 18.7 Å². The van der Waals surface area contributed by atoms with Gasteiger partial charge in [-0.25, -0.2) is 0 Å². The number of fused-ring (bicyclic) bond motifs is 1. The van der Waals surface area contributed by atoms with E-state index < -0.39 is 0 Å². The third-order valence-electron chi connectivity index (χ3n) is 2.99. The van der Waals surface area contributed by atoms with Gasteiger partial charge in [-0.05, 0) is 30.2 Å². The summed E-state index contributed by atoms with van der Waals surface area (Å²) in [6.07, 6.45) is 1.25. The molecule has 0 saturated carbocycles. The molecule has 6 heteroatoms. The van der Waals surface area contributed by atoms with Crippen LogP contribution in [0.2, 0.25) is 0 Å². The van der Waals surface area contributed by atoms with Gasteiger partial charge < -0.3 is 16.0 Å². The van der Waals surface area contributed by atoms with Crippen LogP contribution in [0.1, 0.15) is 22.3 Å². The van der Waals surface area contributed by atoms with Gasteiger partial charge in [0.05, 0.1) is 0 Å². The summed E-state index contributed by atoms with van der Waals surface area (Å²) in [5, 5.41) is 8.50. The summed E-state index contributed by atoms with van der Waals surface area (Å²) in [5.74, 6) is -0.206. The first kappa shape index (κ1) is 15.3. The zero-order valence-electron chi connectivity index (χ0n) is 10.8. The fourth-order valence-corrected chi connectivity index (χ4v) is 1.96. The Morgan fingerprint density at radius 2 is 2.16 bits per heavy atom. The maximum atomic E-state index is 11.9. The standard InChI is InChI=1S/C13H17N3O2.ClH/c1-14-12(17)5-7-16-13(18)10-2-3-11-9(8-10)4-6-15-11;/h2-3,8,15H,4-7H2,1H3,(H,14,17)(H,16,18);1H. The first-order chi connectivity index (χ1) is 8.70. The van der Waals surface area contributed by atoms with Crippen molar-refractivity contribution >= 4 is 29.9 Å². The molecule has 3 N–H and O–H groups in total. The highest BCUT2D eigenvalue weighted by Gasteiger charge is 2.13. The van der Waals surface area contributed by atoms with E-state index in [1.165, 1.54) is 5.56 Å². The van der Waals surface area contributed by atoms with Crippen LogP contribution in [0.3, 0.4) is 0 Å². The molecular weight excluding hydrogens is 266 g/mol. The third kappa shape index (κ3) is 3.86. The minimum Gasteiger partial charge on any atom is -0.384 e. The average Bonchev–Trinajstić information content (AvgIpc) is 2.85. The van der Waals surface area contributed by atoms with Crippen LogP contribution >= 0.6 is 12.4 Å². The smallest absolute Gasteiger partial charge is 0.251 e. The van der Waals surface area contributed by atoms with Crippen LogP contribution in [0.25, 0.3) is 0 Å². The number of carbonyl (C=O) groups excluding carboxylic acids is 2. The summed E-state index contributed by atoms with van der Waals surface area (Å²) in [5.41, 5.74) is 2.93. The van der Waals surface area contributed by atoms with Crippen LogP contribution in [0.5, 0.6) is 0 Å². The van der Waals surface area contributed by atoms with Gasteiger partial charge in [0.15, 0.2) is 0 Å². The highest BCUT2D eigenvalue weighted by Crippen LogP contribution is 2.22. The number of anilines is 1. The van der Waals surface area contributed by atoms with Gasteiger partial charge in [0.2, 0.25) is 5.91 Å². The van der Waals surface area contributed by atoms with Crippen LogP contribution in [0.15, 0.2) is 18.2 Å². The molecule has 1 aromatic rings. The van der Waals surface area contributed by atoms with Gasteiger partial charge in [0, 0.05) is 37.8 Å². The SMILES string of the molecule is CNC(=O)CCNC(=O)c1ccc2c(c1)CCN2.Cl. The van der Waals surface area contributed by atoms with Crippen molar-refractivity contribution in [2.24, 2.45) is 0 Å². The Hall–Kier alpha value is -1.75. The van der Waals surface area contributed by atoms with Crippen LogP contribution < -0.4 is 16.0 Å². The summed E-state index contributed by atoms with van der Waals surface area (Å²) in [4.78, 5) is 22.9. The van der Waals surface area contributed by atoms with E-state index in [1.54, 1.807) is 13.1 Å². The second-order valence-corrected chi connectivity index (χ2v) is 4.23. The van der Waals surface area contributed by atoms with Gasteiger partial charge in [-0.3, -0.25) is 9.59 Å². The largest absolute Gasteiger partial charge is 0.384 e.